The summed E-state index contributed by atoms with van der Waals surface area (Å²) < 4.78 is 11.5. The van der Waals surface area contributed by atoms with E-state index in [2.05, 4.69) is 41.3 Å². The minimum Gasteiger partial charge on any atom is -0.497 e. The van der Waals surface area contributed by atoms with E-state index >= 15 is 0 Å². The summed E-state index contributed by atoms with van der Waals surface area (Å²) in [6.07, 6.45) is 5.34. The second-order valence-corrected chi connectivity index (χ2v) is 7.36. The third-order valence-corrected chi connectivity index (χ3v) is 5.56. The Morgan fingerprint density at radius 2 is 1.93 bits per heavy atom. The molecule has 1 heterocycles. The van der Waals surface area contributed by atoms with Crippen LogP contribution in [0.4, 0.5) is 5.69 Å². The molecule has 0 unspecified atom stereocenters. The van der Waals surface area contributed by atoms with Crippen LogP contribution < -0.4 is 9.64 Å². The van der Waals surface area contributed by atoms with E-state index in [-0.39, 0.29) is 0 Å². The number of rotatable bonds is 7. The number of para-hydroxylation sites is 1. The summed E-state index contributed by atoms with van der Waals surface area (Å²) >= 11 is 0. The molecule has 1 saturated carbocycles. The third-order valence-electron chi connectivity index (χ3n) is 5.56. The average molecular weight is 364 g/mol. The van der Waals surface area contributed by atoms with Gasteiger partial charge < -0.3 is 14.4 Å². The van der Waals surface area contributed by atoms with Crippen LogP contribution in [0.15, 0.2) is 53.5 Å². The maximum absolute atomic E-state index is 6.04. The van der Waals surface area contributed by atoms with Gasteiger partial charge in [0.1, 0.15) is 18.2 Å². The molecule has 4 rings (SSSR count). The summed E-state index contributed by atoms with van der Waals surface area (Å²) in [5.74, 6) is 2.66. The minimum atomic E-state index is 0.600. The van der Waals surface area contributed by atoms with Crippen LogP contribution >= 0.6 is 0 Å². The lowest BCUT2D eigenvalue weighted by atomic mass is 10.0. The van der Waals surface area contributed by atoms with Crippen molar-refractivity contribution >= 4 is 11.5 Å². The average Bonchev–Trinajstić information content (AvgIpc) is 3.40. The second-order valence-electron chi connectivity index (χ2n) is 7.36. The summed E-state index contributed by atoms with van der Waals surface area (Å²) in [4.78, 5) is 7.03. The normalized spacial score (nSPS) is 17.4. The van der Waals surface area contributed by atoms with Crippen LogP contribution in [0, 0.1) is 5.92 Å². The lowest BCUT2D eigenvalue weighted by Gasteiger charge is -2.24. The number of methoxy groups -OCH3 is 1. The molecule has 1 fully saturated rings. The molecule has 1 aliphatic carbocycles. The van der Waals surface area contributed by atoms with Crippen LogP contribution in [0.25, 0.3) is 11.1 Å². The van der Waals surface area contributed by atoms with E-state index in [9.17, 15) is 0 Å². The van der Waals surface area contributed by atoms with Gasteiger partial charge >= 0.3 is 0 Å². The van der Waals surface area contributed by atoms with Crippen LogP contribution in [-0.4, -0.2) is 39.2 Å². The SMILES string of the molecule is COc1cccc(-c2ccccc2N2CCN=C2COCC2CCCC2)c1. The Kier molecular flexibility index (Phi) is 5.73. The van der Waals surface area contributed by atoms with E-state index in [1.165, 1.54) is 36.9 Å². The summed E-state index contributed by atoms with van der Waals surface area (Å²) in [6, 6.07) is 16.7. The second kappa shape index (κ2) is 8.57. The highest BCUT2D eigenvalue weighted by Crippen LogP contribution is 2.33. The van der Waals surface area contributed by atoms with Gasteiger partial charge in [-0.25, -0.2) is 0 Å². The number of nitrogens with zero attached hydrogens (tertiary/aromatic N) is 2. The molecule has 142 valence electrons. The molecule has 0 bridgehead atoms. The molecule has 27 heavy (non-hydrogen) atoms. The number of amidine groups is 1. The predicted molar refractivity (Wildman–Crippen MR) is 111 cm³/mol. The standard InChI is InChI=1S/C23H28N2O2/c1-26-20-10-6-9-19(15-20)21-11-4-5-12-22(21)25-14-13-24-23(25)17-27-16-18-7-2-3-8-18/h4-6,9-12,15,18H,2-3,7-8,13-14,16-17H2,1H3. The Hall–Kier alpha value is -2.33. The Morgan fingerprint density at radius 1 is 1.07 bits per heavy atom. The molecule has 2 aromatic rings. The quantitative estimate of drug-likeness (QED) is 0.708. The zero-order valence-electron chi connectivity index (χ0n) is 16.1. The molecule has 0 saturated heterocycles. The number of anilines is 1. The fraction of sp³-hybridized carbons (Fsp3) is 0.435. The first kappa shape index (κ1) is 18.1. The zero-order valence-corrected chi connectivity index (χ0v) is 16.1. The number of ether oxygens (including phenoxy) is 2. The molecule has 2 aromatic carbocycles. The summed E-state index contributed by atoms with van der Waals surface area (Å²) in [5.41, 5.74) is 3.54. The molecule has 0 amide bonds. The molecule has 0 radical (unpaired) electrons. The molecule has 1 aliphatic heterocycles. The van der Waals surface area contributed by atoms with E-state index in [1.54, 1.807) is 7.11 Å². The number of benzene rings is 2. The van der Waals surface area contributed by atoms with Gasteiger partial charge in [-0.3, -0.25) is 4.99 Å². The maximum atomic E-state index is 6.04. The van der Waals surface area contributed by atoms with E-state index in [4.69, 9.17) is 14.5 Å². The lowest BCUT2D eigenvalue weighted by Crippen LogP contribution is -2.31. The van der Waals surface area contributed by atoms with E-state index in [1.807, 2.05) is 12.1 Å². The van der Waals surface area contributed by atoms with Gasteiger partial charge in [-0.15, -0.1) is 0 Å². The first-order chi connectivity index (χ1) is 13.3. The van der Waals surface area contributed by atoms with Gasteiger partial charge in [-0.1, -0.05) is 43.2 Å². The predicted octanol–water partition coefficient (Wildman–Crippen LogP) is 4.79. The monoisotopic (exact) mass is 364 g/mol. The van der Waals surface area contributed by atoms with Gasteiger partial charge in [0, 0.05) is 18.7 Å². The highest BCUT2D eigenvalue weighted by Gasteiger charge is 2.22. The molecule has 4 nitrogen and oxygen atoms in total. The summed E-state index contributed by atoms with van der Waals surface area (Å²) in [5, 5.41) is 0. The molecular formula is C23H28N2O2. The topological polar surface area (TPSA) is 34.1 Å². The van der Waals surface area contributed by atoms with Crippen molar-refractivity contribution in [3.8, 4) is 16.9 Å². The van der Waals surface area contributed by atoms with Crippen molar-refractivity contribution in [1.82, 2.24) is 0 Å². The Balaban J connectivity index is 1.51. The molecule has 0 aromatic heterocycles. The van der Waals surface area contributed by atoms with Crippen molar-refractivity contribution < 1.29 is 9.47 Å². The van der Waals surface area contributed by atoms with Crippen molar-refractivity contribution in [3.63, 3.8) is 0 Å². The van der Waals surface area contributed by atoms with Crippen LogP contribution in [0.1, 0.15) is 25.7 Å². The van der Waals surface area contributed by atoms with Gasteiger partial charge in [0.2, 0.25) is 0 Å². The molecular weight excluding hydrogens is 336 g/mol. The molecule has 0 spiro atoms. The third kappa shape index (κ3) is 4.16. The minimum absolute atomic E-state index is 0.600. The van der Waals surface area contributed by atoms with Crippen LogP contribution in [0.3, 0.4) is 0 Å². The maximum Gasteiger partial charge on any atom is 0.130 e. The van der Waals surface area contributed by atoms with Crippen molar-refractivity contribution in [2.24, 2.45) is 10.9 Å². The van der Waals surface area contributed by atoms with Gasteiger partial charge in [0.15, 0.2) is 0 Å². The van der Waals surface area contributed by atoms with E-state index in [0.717, 1.165) is 42.8 Å². The van der Waals surface area contributed by atoms with E-state index < -0.39 is 0 Å². The smallest absolute Gasteiger partial charge is 0.130 e. The van der Waals surface area contributed by atoms with E-state index in [0.29, 0.717) is 6.61 Å². The molecule has 0 atom stereocenters. The summed E-state index contributed by atoms with van der Waals surface area (Å²) in [6.45, 7) is 3.20. The van der Waals surface area contributed by atoms with Gasteiger partial charge in [0.05, 0.1) is 19.3 Å². The summed E-state index contributed by atoms with van der Waals surface area (Å²) in [7, 11) is 1.71. The van der Waals surface area contributed by atoms with Gasteiger partial charge in [-0.2, -0.15) is 0 Å². The zero-order chi connectivity index (χ0) is 18.5. The van der Waals surface area contributed by atoms with Crippen molar-refractivity contribution in [2.45, 2.75) is 25.7 Å². The molecule has 0 N–H and O–H groups in total. The largest absolute Gasteiger partial charge is 0.497 e. The van der Waals surface area contributed by atoms with Crippen LogP contribution in [0.2, 0.25) is 0 Å². The van der Waals surface area contributed by atoms with Crippen LogP contribution in [-0.2, 0) is 4.74 Å². The number of hydrogen-bond acceptors (Lipinski definition) is 4. The fourth-order valence-corrected chi connectivity index (χ4v) is 4.11. The Bertz CT molecular complexity index is 796. The first-order valence-electron chi connectivity index (χ1n) is 9.97. The number of aliphatic imine (C=N–C) groups is 1. The van der Waals surface area contributed by atoms with Crippen molar-refractivity contribution in [1.29, 1.82) is 0 Å². The number of hydrogen-bond donors (Lipinski definition) is 0. The highest BCUT2D eigenvalue weighted by molar-refractivity contribution is 6.03. The lowest BCUT2D eigenvalue weighted by molar-refractivity contribution is 0.132. The Morgan fingerprint density at radius 3 is 2.78 bits per heavy atom. The highest BCUT2D eigenvalue weighted by atomic mass is 16.5. The van der Waals surface area contributed by atoms with Gasteiger partial charge in [-0.05, 0) is 42.5 Å². The fourth-order valence-electron chi connectivity index (χ4n) is 4.11. The molecule has 4 heteroatoms. The molecule has 2 aliphatic rings. The van der Waals surface area contributed by atoms with Crippen molar-refractivity contribution in [2.75, 3.05) is 38.3 Å². The van der Waals surface area contributed by atoms with Crippen molar-refractivity contribution in [3.05, 3.63) is 48.5 Å². The van der Waals surface area contributed by atoms with Gasteiger partial charge in [0.25, 0.3) is 0 Å². The first-order valence-corrected chi connectivity index (χ1v) is 9.97. The van der Waals surface area contributed by atoms with Crippen LogP contribution in [0.5, 0.6) is 5.75 Å². The Labute approximate surface area is 161 Å².